The molecule has 1 aromatic carbocycles. The van der Waals surface area contributed by atoms with Gasteiger partial charge in [0.1, 0.15) is 6.04 Å². The largest absolute Gasteiger partial charge is 0.341 e. The maximum Gasteiger partial charge on any atom is 0.262 e. The molecule has 4 amide bonds. The van der Waals surface area contributed by atoms with Crippen molar-refractivity contribution in [3.05, 3.63) is 35.4 Å². The molecule has 28 heavy (non-hydrogen) atoms. The third kappa shape index (κ3) is 3.79. The van der Waals surface area contributed by atoms with E-state index in [0.29, 0.717) is 56.1 Å². The van der Waals surface area contributed by atoms with E-state index in [2.05, 4.69) is 0 Å². The van der Waals surface area contributed by atoms with Crippen molar-refractivity contribution in [1.29, 1.82) is 0 Å². The number of carbonyl (C=O) groups excluding carboxylic acids is 4. The van der Waals surface area contributed by atoms with Gasteiger partial charge >= 0.3 is 0 Å². The van der Waals surface area contributed by atoms with Crippen molar-refractivity contribution in [2.24, 2.45) is 5.92 Å². The molecule has 1 fully saturated rings. The zero-order valence-corrected chi connectivity index (χ0v) is 16.7. The van der Waals surface area contributed by atoms with Gasteiger partial charge in [-0.15, -0.1) is 0 Å². The Hall–Kier alpha value is -2.70. The lowest BCUT2D eigenvalue weighted by Gasteiger charge is -2.28. The molecule has 1 unspecified atom stereocenters. The SMILES string of the molecule is CC(C)CC(=O)N1CCCN(C(=O)C(C)N2C(=O)c3ccccc3C2=O)CC1. The number of carbonyl (C=O) groups is 4. The maximum atomic E-state index is 13.0. The average molecular weight is 385 g/mol. The Balaban J connectivity index is 1.67. The van der Waals surface area contributed by atoms with Gasteiger partial charge in [0.05, 0.1) is 11.1 Å². The number of hydrogen-bond donors (Lipinski definition) is 0. The molecule has 7 heteroatoms. The van der Waals surface area contributed by atoms with Crippen LogP contribution in [0.25, 0.3) is 0 Å². The number of imide groups is 1. The quantitative estimate of drug-likeness (QED) is 0.740. The minimum Gasteiger partial charge on any atom is -0.341 e. The Morgan fingerprint density at radius 3 is 2.00 bits per heavy atom. The molecule has 7 nitrogen and oxygen atoms in total. The van der Waals surface area contributed by atoms with Crippen LogP contribution in [0.3, 0.4) is 0 Å². The minimum absolute atomic E-state index is 0.109. The first-order valence-electron chi connectivity index (χ1n) is 9.84. The number of fused-ring (bicyclic) bond motifs is 1. The highest BCUT2D eigenvalue weighted by Crippen LogP contribution is 2.25. The second kappa shape index (κ2) is 8.12. The van der Waals surface area contributed by atoms with Crippen molar-refractivity contribution in [2.75, 3.05) is 26.2 Å². The average Bonchev–Trinajstić information content (AvgIpc) is 2.83. The van der Waals surface area contributed by atoms with Gasteiger partial charge in [0.15, 0.2) is 0 Å². The van der Waals surface area contributed by atoms with Crippen LogP contribution in [0.2, 0.25) is 0 Å². The van der Waals surface area contributed by atoms with Crippen LogP contribution in [0.5, 0.6) is 0 Å². The number of nitrogens with zero attached hydrogens (tertiary/aromatic N) is 3. The minimum atomic E-state index is -0.870. The van der Waals surface area contributed by atoms with E-state index in [-0.39, 0.29) is 11.8 Å². The lowest BCUT2D eigenvalue weighted by atomic mass is 10.1. The zero-order valence-electron chi connectivity index (χ0n) is 16.7. The Labute approximate surface area is 165 Å². The molecule has 3 rings (SSSR count). The molecule has 0 spiro atoms. The molecule has 1 saturated heterocycles. The fourth-order valence-electron chi connectivity index (χ4n) is 3.80. The number of amides is 4. The summed E-state index contributed by atoms with van der Waals surface area (Å²) in [5.41, 5.74) is 0.682. The molecule has 2 aliphatic heterocycles. The molecular formula is C21H27N3O4. The van der Waals surface area contributed by atoms with Crippen molar-refractivity contribution in [3.63, 3.8) is 0 Å². The van der Waals surface area contributed by atoms with Crippen LogP contribution in [-0.4, -0.2) is 70.5 Å². The van der Waals surface area contributed by atoms with Gasteiger partial charge in [0.2, 0.25) is 11.8 Å². The molecule has 0 aromatic heterocycles. The van der Waals surface area contributed by atoms with E-state index in [0.717, 1.165) is 4.90 Å². The fourth-order valence-corrected chi connectivity index (χ4v) is 3.80. The van der Waals surface area contributed by atoms with Crippen molar-refractivity contribution < 1.29 is 19.2 Å². The number of hydrogen-bond acceptors (Lipinski definition) is 4. The molecule has 150 valence electrons. The molecular weight excluding hydrogens is 358 g/mol. The van der Waals surface area contributed by atoms with Gasteiger partial charge in [-0.2, -0.15) is 0 Å². The number of benzene rings is 1. The smallest absolute Gasteiger partial charge is 0.262 e. The zero-order chi connectivity index (χ0) is 20.4. The monoisotopic (exact) mass is 385 g/mol. The summed E-state index contributed by atoms with van der Waals surface area (Å²) in [6, 6.07) is 5.76. The first-order chi connectivity index (χ1) is 13.3. The van der Waals surface area contributed by atoms with Gasteiger partial charge in [0.25, 0.3) is 11.8 Å². The van der Waals surface area contributed by atoms with Crippen molar-refractivity contribution in [1.82, 2.24) is 14.7 Å². The van der Waals surface area contributed by atoms with E-state index in [1.165, 1.54) is 0 Å². The molecule has 0 bridgehead atoms. The normalized spacial score (nSPS) is 18.4. The molecule has 0 saturated carbocycles. The van der Waals surface area contributed by atoms with E-state index in [1.54, 1.807) is 41.0 Å². The third-order valence-corrected chi connectivity index (χ3v) is 5.31. The summed E-state index contributed by atoms with van der Waals surface area (Å²) in [5.74, 6) is -0.706. The summed E-state index contributed by atoms with van der Waals surface area (Å²) in [5, 5.41) is 0. The molecule has 2 heterocycles. The Kier molecular flexibility index (Phi) is 5.82. The Bertz CT molecular complexity index is 770. The van der Waals surface area contributed by atoms with E-state index in [4.69, 9.17) is 0 Å². The highest BCUT2D eigenvalue weighted by Gasteiger charge is 2.41. The number of rotatable bonds is 4. The predicted molar refractivity (Wildman–Crippen MR) is 104 cm³/mol. The van der Waals surface area contributed by atoms with Gasteiger partial charge < -0.3 is 9.80 Å². The second-order valence-electron chi connectivity index (χ2n) is 7.86. The van der Waals surface area contributed by atoms with E-state index in [9.17, 15) is 19.2 Å². The lowest BCUT2D eigenvalue weighted by Crippen LogP contribution is -2.50. The van der Waals surface area contributed by atoms with Crippen LogP contribution in [0, 0.1) is 5.92 Å². The van der Waals surface area contributed by atoms with Crippen LogP contribution in [-0.2, 0) is 9.59 Å². The highest BCUT2D eigenvalue weighted by molar-refractivity contribution is 6.22. The summed E-state index contributed by atoms with van der Waals surface area (Å²) < 4.78 is 0. The second-order valence-corrected chi connectivity index (χ2v) is 7.86. The maximum absolute atomic E-state index is 13.0. The molecule has 1 aromatic rings. The lowest BCUT2D eigenvalue weighted by molar-refractivity contribution is -0.136. The summed E-state index contributed by atoms with van der Waals surface area (Å²) >= 11 is 0. The van der Waals surface area contributed by atoms with E-state index < -0.39 is 17.9 Å². The van der Waals surface area contributed by atoms with Crippen molar-refractivity contribution in [3.8, 4) is 0 Å². The molecule has 1 atom stereocenters. The molecule has 0 radical (unpaired) electrons. The van der Waals surface area contributed by atoms with Crippen LogP contribution >= 0.6 is 0 Å². The van der Waals surface area contributed by atoms with Gasteiger partial charge in [-0.3, -0.25) is 24.1 Å². The van der Waals surface area contributed by atoms with Gasteiger partial charge in [-0.1, -0.05) is 26.0 Å². The standard InChI is InChI=1S/C21H27N3O4/c1-14(2)13-18(25)22-9-6-10-23(12-11-22)19(26)15(3)24-20(27)16-7-4-5-8-17(16)21(24)28/h4-5,7-8,14-15H,6,9-13H2,1-3H3. The van der Waals surface area contributed by atoms with Crippen LogP contribution in [0.1, 0.15) is 54.3 Å². The van der Waals surface area contributed by atoms with Crippen molar-refractivity contribution >= 4 is 23.6 Å². The first kappa shape index (κ1) is 20.0. The molecule has 0 N–H and O–H groups in total. The summed E-state index contributed by atoms with van der Waals surface area (Å²) in [6.45, 7) is 7.64. The molecule has 0 aliphatic carbocycles. The van der Waals surface area contributed by atoms with Crippen LogP contribution in [0.15, 0.2) is 24.3 Å². The van der Waals surface area contributed by atoms with E-state index >= 15 is 0 Å². The van der Waals surface area contributed by atoms with Gasteiger partial charge in [-0.05, 0) is 31.4 Å². The third-order valence-electron chi connectivity index (χ3n) is 5.31. The summed E-state index contributed by atoms with van der Waals surface area (Å²) in [6.07, 6.45) is 1.18. The summed E-state index contributed by atoms with van der Waals surface area (Å²) in [7, 11) is 0. The highest BCUT2D eigenvalue weighted by atomic mass is 16.2. The fraction of sp³-hybridized carbons (Fsp3) is 0.524. The van der Waals surface area contributed by atoms with Crippen molar-refractivity contribution in [2.45, 2.75) is 39.7 Å². The Morgan fingerprint density at radius 1 is 0.893 bits per heavy atom. The predicted octanol–water partition coefficient (Wildman–Crippen LogP) is 1.78. The topological polar surface area (TPSA) is 78.0 Å². The van der Waals surface area contributed by atoms with Gasteiger partial charge in [-0.25, -0.2) is 0 Å². The summed E-state index contributed by atoms with van der Waals surface area (Å²) in [4.78, 5) is 55.1. The molecule has 2 aliphatic rings. The Morgan fingerprint density at radius 2 is 1.43 bits per heavy atom. The van der Waals surface area contributed by atoms with Crippen LogP contribution in [0.4, 0.5) is 0 Å². The van der Waals surface area contributed by atoms with Crippen LogP contribution < -0.4 is 0 Å². The first-order valence-corrected chi connectivity index (χ1v) is 9.84. The van der Waals surface area contributed by atoms with E-state index in [1.807, 2.05) is 13.8 Å². The van der Waals surface area contributed by atoms with Gasteiger partial charge in [0, 0.05) is 32.6 Å².